The van der Waals surface area contributed by atoms with E-state index in [-0.39, 0.29) is 17.2 Å². The first-order valence-electron chi connectivity index (χ1n) is 12.6. The molecule has 0 saturated heterocycles. The van der Waals surface area contributed by atoms with Gasteiger partial charge in [-0.2, -0.15) is 5.10 Å². The number of fused-ring (bicyclic) bond motifs is 3. The molecule has 0 saturated carbocycles. The Bertz CT molecular complexity index is 1600. The van der Waals surface area contributed by atoms with E-state index in [2.05, 4.69) is 10.5 Å². The molecule has 11 heteroatoms. The Morgan fingerprint density at radius 3 is 2.77 bits per heavy atom. The number of methoxy groups -OCH3 is 1. The number of benzene rings is 2. The van der Waals surface area contributed by atoms with Crippen molar-refractivity contribution in [1.29, 1.82) is 0 Å². The molecule has 1 amide bonds. The molecule has 1 aliphatic carbocycles. The summed E-state index contributed by atoms with van der Waals surface area (Å²) in [6, 6.07) is 12.4. The van der Waals surface area contributed by atoms with Crippen LogP contribution >= 0.6 is 34.7 Å². The predicted molar refractivity (Wildman–Crippen MR) is 157 cm³/mol. The van der Waals surface area contributed by atoms with Gasteiger partial charge in [0.1, 0.15) is 4.83 Å². The molecule has 0 spiro atoms. The van der Waals surface area contributed by atoms with Gasteiger partial charge < -0.3 is 9.47 Å². The highest BCUT2D eigenvalue weighted by Crippen LogP contribution is 2.35. The van der Waals surface area contributed by atoms with E-state index in [0.717, 1.165) is 41.6 Å². The van der Waals surface area contributed by atoms with Gasteiger partial charge in [-0.3, -0.25) is 14.2 Å². The van der Waals surface area contributed by atoms with E-state index < -0.39 is 0 Å². The molecule has 39 heavy (non-hydrogen) atoms. The van der Waals surface area contributed by atoms with Gasteiger partial charge in [-0.25, -0.2) is 10.4 Å². The minimum Gasteiger partial charge on any atom is -0.493 e. The second-order valence-electron chi connectivity index (χ2n) is 8.83. The van der Waals surface area contributed by atoms with Crippen LogP contribution in [0.2, 0.25) is 5.02 Å². The summed E-state index contributed by atoms with van der Waals surface area (Å²) in [7, 11) is 1.57. The van der Waals surface area contributed by atoms with Gasteiger partial charge in [0, 0.05) is 9.90 Å². The number of hydrazone groups is 1. The zero-order valence-corrected chi connectivity index (χ0v) is 23.9. The molecule has 2 aromatic heterocycles. The molecule has 202 valence electrons. The number of amides is 1. The van der Waals surface area contributed by atoms with Crippen LogP contribution in [0.4, 0.5) is 0 Å². The van der Waals surface area contributed by atoms with Crippen molar-refractivity contribution in [3.63, 3.8) is 0 Å². The normalized spacial score (nSPS) is 13.0. The molecule has 0 aliphatic heterocycles. The summed E-state index contributed by atoms with van der Waals surface area (Å²) >= 11 is 8.88. The first-order chi connectivity index (χ1) is 19.0. The van der Waals surface area contributed by atoms with Crippen molar-refractivity contribution >= 4 is 57.0 Å². The van der Waals surface area contributed by atoms with Crippen LogP contribution in [0.5, 0.6) is 11.5 Å². The standard InChI is InChI=1S/C28H27ClN4O4S2/c1-3-37-21-13-8-17(14-22(21)36-2)15-30-32-24(34)16-38-28-31-26-25(20-6-4-5-7-23(20)39-26)27(35)33(28)19-11-9-18(29)10-12-19/h8-15H,3-7,16H2,1-2H3,(H,32,34). The summed E-state index contributed by atoms with van der Waals surface area (Å²) < 4.78 is 12.5. The van der Waals surface area contributed by atoms with E-state index in [9.17, 15) is 9.59 Å². The van der Waals surface area contributed by atoms with Gasteiger partial charge in [0.05, 0.1) is 36.8 Å². The van der Waals surface area contributed by atoms with Crippen LogP contribution in [-0.4, -0.2) is 41.1 Å². The third-order valence-electron chi connectivity index (χ3n) is 6.27. The Kier molecular flexibility index (Phi) is 8.54. The summed E-state index contributed by atoms with van der Waals surface area (Å²) in [4.78, 5) is 33.3. The summed E-state index contributed by atoms with van der Waals surface area (Å²) in [5.74, 6) is 0.928. The van der Waals surface area contributed by atoms with Crippen LogP contribution in [0.15, 0.2) is 57.5 Å². The third kappa shape index (κ3) is 5.98. The average molecular weight is 583 g/mol. The molecule has 2 heterocycles. The molecule has 4 aromatic rings. The number of ether oxygens (including phenoxy) is 2. The van der Waals surface area contributed by atoms with Crippen LogP contribution in [0.1, 0.15) is 35.8 Å². The van der Waals surface area contributed by atoms with Crippen molar-refractivity contribution < 1.29 is 14.3 Å². The lowest BCUT2D eigenvalue weighted by atomic mass is 9.97. The Labute approximate surface area is 239 Å². The maximum atomic E-state index is 13.8. The molecule has 5 rings (SSSR count). The van der Waals surface area contributed by atoms with Crippen molar-refractivity contribution in [2.45, 2.75) is 37.8 Å². The molecule has 1 N–H and O–H groups in total. The van der Waals surface area contributed by atoms with E-state index in [4.69, 9.17) is 26.1 Å². The molecule has 8 nitrogen and oxygen atoms in total. The second kappa shape index (κ2) is 12.2. The number of nitrogens with one attached hydrogen (secondary N) is 1. The number of aryl methyl sites for hydroxylation is 2. The highest BCUT2D eigenvalue weighted by molar-refractivity contribution is 7.99. The van der Waals surface area contributed by atoms with Crippen LogP contribution < -0.4 is 20.5 Å². The Morgan fingerprint density at radius 2 is 2.00 bits per heavy atom. The van der Waals surface area contributed by atoms with Crippen LogP contribution in [0, 0.1) is 0 Å². The van der Waals surface area contributed by atoms with E-state index in [1.165, 1.54) is 22.9 Å². The molecule has 1 aliphatic rings. The molecular formula is C28H27ClN4O4S2. The maximum absolute atomic E-state index is 13.8. The van der Waals surface area contributed by atoms with Crippen molar-refractivity contribution in [2.75, 3.05) is 19.5 Å². The maximum Gasteiger partial charge on any atom is 0.267 e. The Hall–Kier alpha value is -3.34. The molecular weight excluding hydrogens is 556 g/mol. The van der Waals surface area contributed by atoms with Gasteiger partial charge in [0.25, 0.3) is 11.5 Å². The number of carbonyl (C=O) groups is 1. The smallest absolute Gasteiger partial charge is 0.267 e. The largest absolute Gasteiger partial charge is 0.493 e. The summed E-state index contributed by atoms with van der Waals surface area (Å²) in [6.07, 6.45) is 5.58. The lowest BCUT2D eigenvalue weighted by molar-refractivity contribution is -0.118. The first-order valence-corrected chi connectivity index (χ1v) is 14.7. The molecule has 0 bridgehead atoms. The minimum atomic E-state index is -0.323. The zero-order chi connectivity index (χ0) is 27.4. The van der Waals surface area contributed by atoms with E-state index in [0.29, 0.717) is 39.4 Å². The minimum absolute atomic E-state index is 0.0283. The lowest BCUT2D eigenvalue weighted by Gasteiger charge is -2.13. The van der Waals surface area contributed by atoms with Crippen molar-refractivity contribution in [1.82, 2.24) is 15.0 Å². The van der Waals surface area contributed by atoms with Crippen LogP contribution in [-0.2, 0) is 17.6 Å². The average Bonchev–Trinajstić information content (AvgIpc) is 3.32. The number of nitrogens with zero attached hydrogens (tertiary/aromatic N) is 3. The Balaban J connectivity index is 1.36. The third-order valence-corrected chi connectivity index (χ3v) is 8.64. The summed E-state index contributed by atoms with van der Waals surface area (Å²) in [6.45, 7) is 2.43. The van der Waals surface area contributed by atoms with Crippen molar-refractivity contribution in [3.05, 3.63) is 73.8 Å². The number of rotatable bonds is 9. The molecule has 0 unspecified atom stereocenters. The van der Waals surface area contributed by atoms with Gasteiger partial charge in [0.2, 0.25) is 0 Å². The fraction of sp³-hybridized carbons (Fsp3) is 0.286. The number of aromatic nitrogens is 2. The van der Waals surface area contributed by atoms with E-state index in [1.807, 2.05) is 13.0 Å². The van der Waals surface area contributed by atoms with Gasteiger partial charge in [-0.1, -0.05) is 23.4 Å². The highest BCUT2D eigenvalue weighted by Gasteiger charge is 2.23. The van der Waals surface area contributed by atoms with Crippen molar-refractivity contribution in [2.24, 2.45) is 5.10 Å². The SMILES string of the molecule is CCOc1ccc(C=NNC(=O)CSc2nc3sc4c(c3c(=O)n2-c2ccc(Cl)cc2)CCCC4)cc1OC. The predicted octanol–water partition coefficient (Wildman–Crippen LogP) is 5.63. The van der Waals surface area contributed by atoms with E-state index in [1.54, 1.807) is 59.4 Å². The van der Waals surface area contributed by atoms with Crippen molar-refractivity contribution in [3.8, 4) is 17.2 Å². The topological polar surface area (TPSA) is 94.8 Å². The van der Waals surface area contributed by atoms with Gasteiger partial charge in [-0.15, -0.1) is 11.3 Å². The fourth-order valence-corrected chi connectivity index (χ4v) is 6.71. The molecule has 2 aromatic carbocycles. The molecule has 0 radical (unpaired) electrons. The van der Waals surface area contributed by atoms with Gasteiger partial charge >= 0.3 is 0 Å². The van der Waals surface area contributed by atoms with Crippen LogP contribution in [0.3, 0.4) is 0 Å². The summed E-state index contributed by atoms with van der Waals surface area (Å²) in [5, 5.41) is 5.78. The monoisotopic (exact) mass is 582 g/mol. The quantitative estimate of drug-likeness (QED) is 0.119. The first kappa shape index (κ1) is 27.2. The van der Waals surface area contributed by atoms with Gasteiger partial charge in [-0.05, 0) is 86.2 Å². The highest BCUT2D eigenvalue weighted by atomic mass is 35.5. The van der Waals surface area contributed by atoms with Gasteiger partial charge in [0.15, 0.2) is 16.7 Å². The number of hydrogen-bond donors (Lipinski definition) is 1. The molecule has 0 atom stereocenters. The number of thioether (sulfide) groups is 1. The zero-order valence-electron chi connectivity index (χ0n) is 21.5. The fourth-order valence-electron chi connectivity index (χ4n) is 4.48. The number of carbonyl (C=O) groups excluding carboxylic acids is 1. The number of thiophene rings is 1. The lowest BCUT2D eigenvalue weighted by Crippen LogP contribution is -2.24. The van der Waals surface area contributed by atoms with Crippen LogP contribution in [0.25, 0.3) is 15.9 Å². The Morgan fingerprint density at radius 1 is 1.21 bits per heavy atom. The van der Waals surface area contributed by atoms with E-state index >= 15 is 0 Å². The number of hydrogen-bond acceptors (Lipinski definition) is 8. The summed E-state index contributed by atoms with van der Waals surface area (Å²) in [5.41, 5.74) is 4.94. The second-order valence-corrected chi connectivity index (χ2v) is 11.3. The number of halogens is 1. The molecule has 0 fully saturated rings.